The van der Waals surface area contributed by atoms with Crippen molar-refractivity contribution in [1.82, 2.24) is 4.90 Å². The zero-order valence-electron chi connectivity index (χ0n) is 12.8. The van der Waals surface area contributed by atoms with Crippen molar-refractivity contribution in [1.29, 1.82) is 0 Å². The topological polar surface area (TPSA) is 76.1 Å². The molecule has 6 heteroatoms. The molecule has 0 aromatic rings. The molecule has 0 bridgehead atoms. The first kappa shape index (κ1) is 16.2. The quantitative estimate of drug-likeness (QED) is 0.827. The van der Waals surface area contributed by atoms with Gasteiger partial charge in [-0.25, -0.2) is 0 Å². The second-order valence-electron chi connectivity index (χ2n) is 6.34. The van der Waals surface area contributed by atoms with Gasteiger partial charge in [0.05, 0.1) is 18.1 Å². The minimum Gasteiger partial charge on any atom is -0.481 e. The summed E-state index contributed by atoms with van der Waals surface area (Å²) in [4.78, 5) is 25.1. The van der Waals surface area contributed by atoms with Crippen molar-refractivity contribution in [2.75, 3.05) is 26.3 Å². The highest BCUT2D eigenvalue weighted by Crippen LogP contribution is 2.30. The number of carbonyl (C=O) groups is 2. The van der Waals surface area contributed by atoms with Gasteiger partial charge in [0.15, 0.2) is 0 Å². The van der Waals surface area contributed by atoms with Crippen LogP contribution in [0.5, 0.6) is 0 Å². The van der Waals surface area contributed by atoms with Crippen molar-refractivity contribution in [3.63, 3.8) is 0 Å². The maximum absolute atomic E-state index is 12.3. The molecular formula is C15H25NO5. The third-order valence-electron chi connectivity index (χ3n) is 4.46. The second kappa shape index (κ2) is 6.75. The predicted octanol–water partition coefficient (Wildman–Crippen LogP) is 1.28. The number of hydrogen-bond acceptors (Lipinski definition) is 4. The van der Waals surface area contributed by atoms with E-state index in [4.69, 9.17) is 9.47 Å². The van der Waals surface area contributed by atoms with E-state index in [1.54, 1.807) is 18.7 Å². The first-order valence-corrected chi connectivity index (χ1v) is 7.68. The lowest BCUT2D eigenvalue weighted by Gasteiger charge is -2.26. The zero-order chi connectivity index (χ0) is 15.5. The number of likely N-dealkylation sites (tertiary alicyclic amines) is 1. The molecule has 0 radical (unpaired) electrons. The van der Waals surface area contributed by atoms with Crippen LogP contribution in [0.4, 0.5) is 0 Å². The number of amides is 1. The van der Waals surface area contributed by atoms with Gasteiger partial charge < -0.3 is 19.5 Å². The zero-order valence-corrected chi connectivity index (χ0v) is 12.8. The number of hydrogen-bond donors (Lipinski definition) is 1. The van der Waals surface area contributed by atoms with Crippen LogP contribution < -0.4 is 0 Å². The van der Waals surface area contributed by atoms with Gasteiger partial charge in [-0.05, 0) is 39.5 Å². The van der Waals surface area contributed by atoms with Gasteiger partial charge in [-0.3, -0.25) is 9.59 Å². The lowest BCUT2D eigenvalue weighted by Crippen LogP contribution is -2.41. The molecule has 0 aliphatic carbocycles. The summed E-state index contributed by atoms with van der Waals surface area (Å²) < 4.78 is 11.2. The van der Waals surface area contributed by atoms with Gasteiger partial charge >= 0.3 is 5.97 Å². The molecule has 0 aromatic carbocycles. The van der Waals surface area contributed by atoms with Crippen molar-refractivity contribution >= 4 is 11.9 Å². The van der Waals surface area contributed by atoms with Crippen LogP contribution in [0, 0.1) is 5.41 Å². The second-order valence-corrected chi connectivity index (χ2v) is 6.34. The molecule has 2 fully saturated rings. The van der Waals surface area contributed by atoms with E-state index in [2.05, 4.69) is 0 Å². The fourth-order valence-corrected chi connectivity index (χ4v) is 2.84. The van der Waals surface area contributed by atoms with Gasteiger partial charge in [-0.2, -0.15) is 0 Å². The smallest absolute Gasteiger partial charge is 0.311 e. The summed E-state index contributed by atoms with van der Waals surface area (Å²) in [6.45, 7) is 5.34. The van der Waals surface area contributed by atoms with Gasteiger partial charge in [0.25, 0.3) is 5.91 Å². The third kappa shape index (κ3) is 3.95. The van der Waals surface area contributed by atoms with E-state index in [0.717, 1.165) is 25.9 Å². The fourth-order valence-electron chi connectivity index (χ4n) is 2.84. The van der Waals surface area contributed by atoms with Crippen LogP contribution in [0.3, 0.4) is 0 Å². The van der Waals surface area contributed by atoms with Crippen molar-refractivity contribution in [2.24, 2.45) is 5.41 Å². The number of ether oxygens (including phenoxy) is 2. The van der Waals surface area contributed by atoms with E-state index in [0.29, 0.717) is 19.6 Å². The Morgan fingerprint density at radius 3 is 2.81 bits per heavy atom. The number of carbonyl (C=O) groups excluding carboxylic acids is 1. The number of carboxylic acid groups (broad SMARTS) is 1. The Morgan fingerprint density at radius 1 is 1.48 bits per heavy atom. The van der Waals surface area contributed by atoms with E-state index in [-0.39, 0.29) is 18.6 Å². The number of aliphatic carboxylic acids is 1. The summed E-state index contributed by atoms with van der Waals surface area (Å²) in [6, 6.07) is 0. The van der Waals surface area contributed by atoms with Crippen LogP contribution in [-0.4, -0.2) is 60.4 Å². The van der Waals surface area contributed by atoms with E-state index in [9.17, 15) is 14.7 Å². The maximum Gasteiger partial charge on any atom is 0.311 e. The lowest BCUT2D eigenvalue weighted by molar-refractivity contribution is -0.149. The standard InChI is InChI=1S/C15H25NO5/c1-11(21-9-12-5-3-4-8-20-12)13(17)16-7-6-15(2,10-16)14(18)19/h11-12H,3-10H2,1-2H3,(H,18,19). The normalized spacial score (nSPS) is 31.1. The van der Waals surface area contributed by atoms with Gasteiger partial charge in [-0.15, -0.1) is 0 Å². The molecule has 6 nitrogen and oxygen atoms in total. The van der Waals surface area contributed by atoms with Gasteiger partial charge in [0.2, 0.25) is 0 Å². The Kier molecular flexibility index (Phi) is 5.22. The Hall–Kier alpha value is -1.14. The summed E-state index contributed by atoms with van der Waals surface area (Å²) in [7, 11) is 0. The molecule has 2 saturated heterocycles. The molecular weight excluding hydrogens is 274 g/mol. The molecule has 2 aliphatic heterocycles. The van der Waals surface area contributed by atoms with Crippen molar-refractivity contribution in [3.8, 4) is 0 Å². The van der Waals surface area contributed by atoms with E-state index >= 15 is 0 Å². The van der Waals surface area contributed by atoms with Gasteiger partial charge in [-0.1, -0.05) is 0 Å². The monoisotopic (exact) mass is 299 g/mol. The average Bonchev–Trinajstić information content (AvgIpc) is 2.89. The fraction of sp³-hybridized carbons (Fsp3) is 0.867. The van der Waals surface area contributed by atoms with Crippen molar-refractivity contribution in [3.05, 3.63) is 0 Å². The highest BCUT2D eigenvalue weighted by molar-refractivity contribution is 5.83. The minimum atomic E-state index is -0.845. The molecule has 120 valence electrons. The largest absolute Gasteiger partial charge is 0.481 e. The minimum absolute atomic E-state index is 0.0804. The Labute approximate surface area is 125 Å². The molecule has 1 N–H and O–H groups in total. The summed E-state index contributed by atoms with van der Waals surface area (Å²) in [5.74, 6) is -0.974. The molecule has 2 heterocycles. The lowest BCUT2D eigenvalue weighted by atomic mass is 9.90. The highest BCUT2D eigenvalue weighted by Gasteiger charge is 2.43. The van der Waals surface area contributed by atoms with E-state index in [1.807, 2.05) is 0 Å². The van der Waals surface area contributed by atoms with Crippen molar-refractivity contribution < 1.29 is 24.2 Å². The maximum atomic E-state index is 12.3. The number of carboxylic acids is 1. The number of rotatable bonds is 5. The molecule has 0 saturated carbocycles. The van der Waals surface area contributed by atoms with E-state index in [1.165, 1.54) is 0 Å². The molecule has 1 amide bonds. The summed E-state index contributed by atoms with van der Waals surface area (Å²) in [6.07, 6.45) is 3.23. The van der Waals surface area contributed by atoms with Crippen molar-refractivity contribution in [2.45, 2.75) is 51.7 Å². The van der Waals surface area contributed by atoms with Crippen LogP contribution in [-0.2, 0) is 19.1 Å². The number of nitrogens with zero attached hydrogens (tertiary/aromatic N) is 1. The first-order valence-electron chi connectivity index (χ1n) is 7.68. The Balaban J connectivity index is 1.78. The Morgan fingerprint density at radius 2 is 2.24 bits per heavy atom. The average molecular weight is 299 g/mol. The van der Waals surface area contributed by atoms with Gasteiger partial charge in [0, 0.05) is 19.7 Å². The molecule has 2 rings (SSSR count). The van der Waals surface area contributed by atoms with Crippen LogP contribution in [0.2, 0.25) is 0 Å². The molecule has 3 unspecified atom stereocenters. The summed E-state index contributed by atoms with van der Waals surface area (Å²) in [5, 5.41) is 9.20. The van der Waals surface area contributed by atoms with E-state index < -0.39 is 17.5 Å². The van der Waals surface area contributed by atoms with Crippen LogP contribution >= 0.6 is 0 Å². The molecule has 21 heavy (non-hydrogen) atoms. The molecule has 0 spiro atoms. The van der Waals surface area contributed by atoms with Crippen LogP contribution in [0.15, 0.2) is 0 Å². The highest BCUT2D eigenvalue weighted by atomic mass is 16.5. The first-order chi connectivity index (χ1) is 9.92. The van der Waals surface area contributed by atoms with Crippen LogP contribution in [0.25, 0.3) is 0 Å². The molecule has 0 aromatic heterocycles. The Bertz CT molecular complexity index is 394. The predicted molar refractivity (Wildman–Crippen MR) is 75.9 cm³/mol. The molecule has 2 aliphatic rings. The van der Waals surface area contributed by atoms with Crippen LogP contribution in [0.1, 0.15) is 39.5 Å². The summed E-state index contributed by atoms with van der Waals surface area (Å²) >= 11 is 0. The summed E-state index contributed by atoms with van der Waals surface area (Å²) in [5.41, 5.74) is -0.831. The molecule has 3 atom stereocenters. The third-order valence-corrected chi connectivity index (χ3v) is 4.46. The SMILES string of the molecule is CC(OCC1CCCCO1)C(=O)N1CCC(C)(C(=O)O)C1. The van der Waals surface area contributed by atoms with Gasteiger partial charge in [0.1, 0.15) is 6.10 Å².